The van der Waals surface area contributed by atoms with Gasteiger partial charge in [0.15, 0.2) is 0 Å². The molecule has 0 atom stereocenters. The molecule has 0 spiro atoms. The van der Waals surface area contributed by atoms with Crippen LogP contribution in [0, 0.1) is 21.8 Å². The van der Waals surface area contributed by atoms with Crippen molar-refractivity contribution in [1.82, 2.24) is 0 Å². The van der Waals surface area contributed by atoms with Gasteiger partial charge in [0.05, 0.1) is 0 Å². The second-order valence-electron chi connectivity index (χ2n) is 6.21. The molecule has 0 amide bonds. The van der Waals surface area contributed by atoms with E-state index < -0.39 is 0 Å². The molecule has 2 radical (unpaired) electrons. The molecule has 0 heterocycles. The van der Waals surface area contributed by atoms with E-state index in [-0.39, 0.29) is 39.7 Å². The summed E-state index contributed by atoms with van der Waals surface area (Å²) in [6.45, 7) is 7.43. The van der Waals surface area contributed by atoms with Crippen LogP contribution >= 0.6 is 24.8 Å². The molecule has 4 aromatic carbocycles. The molecule has 0 unspecified atom stereocenters. The molecule has 0 aliphatic rings. The molecule has 4 aromatic rings. The molecule has 0 aliphatic carbocycles. The standard InChI is InChI=1S/C13H15.C10H9.2CH3.2ClH.Si.Zr/c1-2-3-6-11-9-10-12-7-4-5-8-13(11)12;1-8-6-9-4-2-3-5-10(9)7-8;;;;;;/h4-5,7-10H,2-3,6H2,1H3;2-7H,1H3;2*1H3;2*1H;;/q4*-1;;;;. The summed E-state index contributed by atoms with van der Waals surface area (Å²) < 4.78 is 0. The Hall–Kier alpha value is -0.660. The molecule has 4 heteroatoms. The molecule has 0 bridgehead atoms. The molecule has 0 aromatic heterocycles. The van der Waals surface area contributed by atoms with Gasteiger partial charge in [-0.15, -0.1) is 107 Å². The van der Waals surface area contributed by atoms with E-state index in [1.165, 1.54) is 75.3 Å². The van der Waals surface area contributed by atoms with Crippen LogP contribution in [0.5, 0.6) is 0 Å². The number of halogens is 2. The third kappa shape index (κ3) is 9.79. The van der Waals surface area contributed by atoms with Gasteiger partial charge in [-0.25, -0.2) is 0 Å². The fourth-order valence-electron chi connectivity index (χ4n) is 3.11. The van der Waals surface area contributed by atoms with Crippen molar-refractivity contribution in [2.45, 2.75) is 33.1 Å². The van der Waals surface area contributed by atoms with Crippen LogP contribution in [0.2, 0.25) is 0 Å². The van der Waals surface area contributed by atoms with E-state index in [0.29, 0.717) is 0 Å². The van der Waals surface area contributed by atoms with E-state index in [0.717, 1.165) is 0 Å². The van der Waals surface area contributed by atoms with E-state index in [4.69, 9.17) is 0 Å². The van der Waals surface area contributed by atoms with Gasteiger partial charge in [0, 0.05) is 0 Å². The molecule has 0 N–H and O–H groups in total. The first-order valence-electron chi connectivity index (χ1n) is 8.78. The summed E-state index contributed by atoms with van der Waals surface area (Å²) in [4.78, 5) is 0. The molecule has 0 aliphatic heterocycles. The van der Waals surface area contributed by atoms with Crippen LogP contribution in [0.15, 0.2) is 72.8 Å². The predicted octanol–water partition coefficient (Wildman–Crippen LogP) is 8.13. The fourth-order valence-corrected chi connectivity index (χ4v) is 3.11. The van der Waals surface area contributed by atoms with Gasteiger partial charge < -0.3 is 14.9 Å². The van der Waals surface area contributed by atoms with E-state index >= 15 is 0 Å². The molecule has 0 saturated heterocycles. The van der Waals surface area contributed by atoms with Gasteiger partial charge in [-0.1, -0.05) is 45.2 Å². The van der Waals surface area contributed by atoms with Gasteiger partial charge in [-0.2, -0.15) is 11.6 Å². The molecular formula is C25H32Cl2SiZr-4. The zero-order chi connectivity index (χ0) is 18.1. The van der Waals surface area contributed by atoms with Crippen molar-refractivity contribution >= 4 is 53.2 Å². The van der Waals surface area contributed by atoms with Crippen LogP contribution in [0.3, 0.4) is 0 Å². The topological polar surface area (TPSA) is 0 Å². The third-order valence-corrected chi connectivity index (χ3v) is 4.33. The molecule has 0 saturated carbocycles. The van der Waals surface area contributed by atoms with Crippen molar-refractivity contribution in [3.8, 4) is 0 Å². The monoisotopic (exact) mass is 520 g/mol. The zero-order valence-corrected chi connectivity index (χ0v) is 23.0. The van der Waals surface area contributed by atoms with Crippen molar-refractivity contribution in [3.05, 3.63) is 98.8 Å². The molecule has 0 fully saturated rings. The summed E-state index contributed by atoms with van der Waals surface area (Å²) in [5.74, 6) is 0. The summed E-state index contributed by atoms with van der Waals surface area (Å²) in [7, 11) is 0. The second-order valence-corrected chi connectivity index (χ2v) is 6.21. The van der Waals surface area contributed by atoms with Crippen molar-refractivity contribution in [3.63, 3.8) is 0 Å². The number of benzene rings is 2. The fraction of sp³-hybridized carbons (Fsp3) is 0.200. The number of fused-ring (bicyclic) bond motifs is 2. The van der Waals surface area contributed by atoms with Gasteiger partial charge >= 0.3 is 30.2 Å². The van der Waals surface area contributed by atoms with E-state index in [9.17, 15) is 0 Å². The average Bonchev–Trinajstić information content (AvgIpc) is 3.24. The van der Waals surface area contributed by atoms with E-state index in [1.807, 2.05) is 0 Å². The Labute approximate surface area is 207 Å². The van der Waals surface area contributed by atoms with Crippen LogP contribution in [-0.2, 0) is 29.8 Å². The first kappa shape index (κ1) is 33.0. The number of aryl methyl sites for hydroxylation is 2. The summed E-state index contributed by atoms with van der Waals surface area (Å²) in [6, 6.07) is 26.0. The number of hydrogen-bond acceptors (Lipinski definition) is 0. The molecule has 4 rings (SSSR count). The molecule has 29 heavy (non-hydrogen) atoms. The number of unbranched alkanes of at least 4 members (excludes halogenated alkanes) is 1. The average molecular weight is 523 g/mol. The maximum absolute atomic E-state index is 3.06. The Morgan fingerprint density at radius 1 is 0.897 bits per heavy atom. The van der Waals surface area contributed by atoms with Crippen LogP contribution in [0.4, 0.5) is 0 Å². The number of rotatable bonds is 3. The third-order valence-electron chi connectivity index (χ3n) is 4.33. The molecule has 0 nitrogen and oxygen atoms in total. The Morgan fingerprint density at radius 2 is 1.48 bits per heavy atom. The van der Waals surface area contributed by atoms with Crippen molar-refractivity contribution < 1.29 is 23.3 Å². The van der Waals surface area contributed by atoms with E-state index in [2.05, 4.69) is 93.5 Å². The first-order valence-corrected chi connectivity index (χ1v) is 13.0. The molecular weight excluding hydrogens is 490 g/mol. The Kier molecular flexibility index (Phi) is 20.6. The summed E-state index contributed by atoms with van der Waals surface area (Å²) >= 11 is 1.36. The van der Waals surface area contributed by atoms with Crippen molar-refractivity contribution in [1.29, 1.82) is 0 Å². The van der Waals surface area contributed by atoms with Gasteiger partial charge in [0.2, 0.25) is 0 Å². The normalized spacial score (nSPS) is 8.59. The van der Waals surface area contributed by atoms with Gasteiger partial charge in [0.25, 0.3) is 0 Å². The van der Waals surface area contributed by atoms with Gasteiger partial charge in [-0.3, -0.25) is 0 Å². The minimum absolute atomic E-state index is 0. The molecule has 158 valence electrons. The summed E-state index contributed by atoms with van der Waals surface area (Å²) in [6.07, 6.45) is 3.80. The van der Waals surface area contributed by atoms with Crippen LogP contribution < -0.4 is 0 Å². The van der Waals surface area contributed by atoms with Gasteiger partial charge in [-0.05, 0) is 0 Å². The second kappa shape index (κ2) is 18.1. The van der Waals surface area contributed by atoms with Crippen molar-refractivity contribution in [2.24, 2.45) is 0 Å². The van der Waals surface area contributed by atoms with E-state index in [1.54, 1.807) is 0 Å². The predicted molar refractivity (Wildman–Crippen MR) is 136 cm³/mol. The first-order chi connectivity index (χ1) is 12.3. The quantitative estimate of drug-likeness (QED) is 0.188. The summed E-state index contributed by atoms with van der Waals surface area (Å²) in [5.41, 5.74) is 2.86. The van der Waals surface area contributed by atoms with Crippen LogP contribution in [-0.4, -0.2) is 6.88 Å². The minimum atomic E-state index is 0. The summed E-state index contributed by atoms with van der Waals surface area (Å²) in [5, 5.41) is 5.52. The zero-order valence-electron chi connectivity index (χ0n) is 17.9. The Balaban J connectivity index is -0.000000388. The Bertz CT molecular complexity index is 878. The van der Waals surface area contributed by atoms with Crippen molar-refractivity contribution in [2.75, 3.05) is 0 Å². The maximum atomic E-state index is 3.06. The van der Waals surface area contributed by atoms with Gasteiger partial charge in [0.1, 0.15) is 0 Å². The van der Waals surface area contributed by atoms with Crippen LogP contribution in [0.1, 0.15) is 30.9 Å². The Morgan fingerprint density at radius 3 is 2.10 bits per heavy atom. The SMILES string of the molecule is CCCCc1c[cH-]c2ccccc12.Cc1cc2ccccc2[cH-]1.Cl.Cl.[CH3-].[CH3-].[Si]=[Zr]. The number of hydrogen-bond donors (Lipinski definition) is 0. The van der Waals surface area contributed by atoms with Crippen LogP contribution in [0.25, 0.3) is 21.5 Å².